The van der Waals surface area contributed by atoms with Crippen molar-refractivity contribution in [1.82, 2.24) is 0 Å². The molecule has 1 aromatic carbocycles. The molecule has 6 heteroatoms. The highest BCUT2D eigenvalue weighted by Crippen LogP contribution is 2.27. The predicted octanol–water partition coefficient (Wildman–Crippen LogP) is 3.71. The van der Waals surface area contributed by atoms with Gasteiger partial charge in [0.1, 0.15) is 23.7 Å². The van der Waals surface area contributed by atoms with Crippen LogP contribution in [0.25, 0.3) is 0 Å². The van der Waals surface area contributed by atoms with E-state index in [0.717, 1.165) is 56.6 Å². The van der Waals surface area contributed by atoms with Crippen molar-refractivity contribution in [3.05, 3.63) is 24.3 Å². The SMILES string of the molecule is CCCCOc1ccc(OC2CCCCC2OS(=O)O)cc1. The van der Waals surface area contributed by atoms with Crippen molar-refractivity contribution in [3.63, 3.8) is 0 Å². The summed E-state index contributed by atoms with van der Waals surface area (Å²) in [6.45, 7) is 2.85. The van der Waals surface area contributed by atoms with Crippen molar-refractivity contribution in [1.29, 1.82) is 0 Å². The molecule has 124 valence electrons. The molecule has 2 rings (SSSR count). The fraction of sp³-hybridized carbons (Fsp3) is 0.625. The number of hydrogen-bond donors (Lipinski definition) is 1. The minimum absolute atomic E-state index is 0.184. The summed E-state index contributed by atoms with van der Waals surface area (Å²) in [6.07, 6.45) is 5.24. The van der Waals surface area contributed by atoms with Gasteiger partial charge in [0, 0.05) is 0 Å². The van der Waals surface area contributed by atoms with Crippen LogP contribution < -0.4 is 9.47 Å². The van der Waals surface area contributed by atoms with Gasteiger partial charge >= 0.3 is 11.4 Å². The van der Waals surface area contributed by atoms with Gasteiger partial charge in [0.15, 0.2) is 0 Å². The summed E-state index contributed by atoms with van der Waals surface area (Å²) in [5.74, 6) is 1.56. The molecule has 1 saturated carbocycles. The third-order valence-electron chi connectivity index (χ3n) is 3.73. The Morgan fingerprint density at radius 2 is 1.77 bits per heavy atom. The zero-order valence-electron chi connectivity index (χ0n) is 12.9. The van der Waals surface area contributed by atoms with Crippen LogP contribution in [0.3, 0.4) is 0 Å². The minimum Gasteiger partial charge on any atom is -0.494 e. The van der Waals surface area contributed by atoms with Gasteiger partial charge in [-0.2, -0.15) is 4.21 Å². The number of hydrogen-bond acceptors (Lipinski definition) is 4. The van der Waals surface area contributed by atoms with Crippen LogP contribution in [0.4, 0.5) is 0 Å². The molecule has 1 N–H and O–H groups in total. The molecule has 0 bridgehead atoms. The molecule has 1 aliphatic rings. The summed E-state index contributed by atoms with van der Waals surface area (Å²) in [6, 6.07) is 7.49. The lowest BCUT2D eigenvalue weighted by atomic mass is 9.95. The summed E-state index contributed by atoms with van der Waals surface area (Å²) >= 11 is -2.25. The van der Waals surface area contributed by atoms with Crippen LogP contribution in [0, 0.1) is 0 Å². The van der Waals surface area contributed by atoms with Crippen molar-refractivity contribution in [2.45, 2.75) is 57.7 Å². The van der Waals surface area contributed by atoms with E-state index in [1.807, 2.05) is 24.3 Å². The first-order valence-electron chi connectivity index (χ1n) is 7.86. The Morgan fingerprint density at radius 3 is 2.41 bits per heavy atom. The molecule has 0 radical (unpaired) electrons. The molecule has 0 spiro atoms. The standard InChI is InChI=1S/C16H24O5S/c1-2-3-12-19-13-8-10-14(11-9-13)20-15-6-4-5-7-16(15)21-22(17)18/h8-11,15-16H,2-7,12H2,1H3,(H,17,18). The number of ether oxygens (including phenoxy) is 2. The molecule has 1 aromatic rings. The third-order valence-corrected chi connectivity index (χ3v) is 4.14. The average molecular weight is 328 g/mol. The Hall–Kier alpha value is -1.11. The average Bonchev–Trinajstić information content (AvgIpc) is 2.51. The lowest BCUT2D eigenvalue weighted by Gasteiger charge is -2.30. The lowest BCUT2D eigenvalue weighted by Crippen LogP contribution is -2.37. The molecular formula is C16H24O5S. The van der Waals surface area contributed by atoms with E-state index in [2.05, 4.69) is 6.92 Å². The monoisotopic (exact) mass is 328 g/mol. The summed E-state index contributed by atoms with van der Waals surface area (Å²) < 4.78 is 36.3. The Bertz CT molecular complexity index is 462. The van der Waals surface area contributed by atoms with Gasteiger partial charge in [0.2, 0.25) is 0 Å². The first-order chi connectivity index (χ1) is 10.7. The van der Waals surface area contributed by atoms with Crippen LogP contribution in [0.1, 0.15) is 45.4 Å². The van der Waals surface area contributed by atoms with Gasteiger partial charge < -0.3 is 9.47 Å². The smallest absolute Gasteiger partial charge is 0.302 e. The van der Waals surface area contributed by atoms with E-state index in [4.69, 9.17) is 18.2 Å². The highest BCUT2D eigenvalue weighted by atomic mass is 32.2. The van der Waals surface area contributed by atoms with Crippen molar-refractivity contribution < 1.29 is 22.4 Å². The Balaban J connectivity index is 1.89. The maximum absolute atomic E-state index is 10.9. The summed E-state index contributed by atoms with van der Waals surface area (Å²) in [5, 5.41) is 0. The van der Waals surface area contributed by atoms with E-state index in [1.165, 1.54) is 0 Å². The molecule has 3 atom stereocenters. The molecule has 0 heterocycles. The molecule has 5 nitrogen and oxygen atoms in total. The number of benzene rings is 1. The van der Waals surface area contributed by atoms with Crippen LogP contribution in [-0.4, -0.2) is 27.6 Å². The molecular weight excluding hydrogens is 304 g/mol. The summed E-state index contributed by atoms with van der Waals surface area (Å²) in [4.78, 5) is 0. The molecule has 1 aliphatic carbocycles. The predicted molar refractivity (Wildman–Crippen MR) is 85.4 cm³/mol. The van der Waals surface area contributed by atoms with Crippen LogP contribution in [0.5, 0.6) is 11.5 Å². The van der Waals surface area contributed by atoms with E-state index in [9.17, 15) is 4.21 Å². The molecule has 1 fully saturated rings. The van der Waals surface area contributed by atoms with Gasteiger partial charge in [-0.15, -0.1) is 0 Å². The highest BCUT2D eigenvalue weighted by Gasteiger charge is 2.29. The first kappa shape index (κ1) is 17.2. The summed E-state index contributed by atoms with van der Waals surface area (Å²) in [5.41, 5.74) is 0. The largest absolute Gasteiger partial charge is 0.494 e. The Morgan fingerprint density at radius 1 is 1.14 bits per heavy atom. The maximum atomic E-state index is 10.9. The Kier molecular flexibility index (Phi) is 7.15. The zero-order chi connectivity index (χ0) is 15.8. The molecule has 0 aliphatic heterocycles. The van der Waals surface area contributed by atoms with Crippen molar-refractivity contribution in [2.75, 3.05) is 6.61 Å². The number of unbranched alkanes of at least 4 members (excludes halogenated alkanes) is 1. The van der Waals surface area contributed by atoms with E-state index in [1.54, 1.807) is 0 Å². The van der Waals surface area contributed by atoms with Gasteiger partial charge in [-0.3, -0.25) is 8.74 Å². The second kappa shape index (κ2) is 9.12. The van der Waals surface area contributed by atoms with Gasteiger partial charge in [-0.25, -0.2) is 0 Å². The van der Waals surface area contributed by atoms with Gasteiger partial charge in [0.05, 0.1) is 6.61 Å². The molecule has 0 amide bonds. The number of rotatable bonds is 8. The second-order valence-electron chi connectivity index (χ2n) is 5.47. The third kappa shape index (κ3) is 5.59. The minimum atomic E-state index is -2.25. The Labute approximate surface area is 134 Å². The van der Waals surface area contributed by atoms with Crippen molar-refractivity contribution in [2.24, 2.45) is 0 Å². The van der Waals surface area contributed by atoms with E-state index in [0.29, 0.717) is 0 Å². The van der Waals surface area contributed by atoms with Crippen LogP contribution in [-0.2, 0) is 15.5 Å². The quantitative estimate of drug-likeness (QED) is 0.582. The normalized spacial score (nSPS) is 23.0. The van der Waals surface area contributed by atoms with Crippen LogP contribution in [0.15, 0.2) is 24.3 Å². The molecule has 0 aromatic heterocycles. The van der Waals surface area contributed by atoms with Crippen molar-refractivity contribution >= 4 is 11.4 Å². The van der Waals surface area contributed by atoms with E-state index in [-0.39, 0.29) is 12.2 Å². The second-order valence-corrected chi connectivity index (χ2v) is 6.09. The fourth-order valence-electron chi connectivity index (χ4n) is 2.54. The highest BCUT2D eigenvalue weighted by molar-refractivity contribution is 7.74. The van der Waals surface area contributed by atoms with Gasteiger partial charge in [0.25, 0.3) is 0 Å². The summed E-state index contributed by atoms with van der Waals surface area (Å²) in [7, 11) is 0. The molecule has 22 heavy (non-hydrogen) atoms. The van der Waals surface area contributed by atoms with E-state index < -0.39 is 11.4 Å². The topological polar surface area (TPSA) is 65.0 Å². The molecule has 0 saturated heterocycles. The van der Waals surface area contributed by atoms with Crippen LogP contribution >= 0.6 is 0 Å². The van der Waals surface area contributed by atoms with Gasteiger partial charge in [-0.05, 0) is 49.9 Å². The first-order valence-corrected chi connectivity index (χ1v) is 8.89. The maximum Gasteiger partial charge on any atom is 0.302 e. The lowest BCUT2D eigenvalue weighted by molar-refractivity contribution is 0.0261. The van der Waals surface area contributed by atoms with E-state index >= 15 is 0 Å². The van der Waals surface area contributed by atoms with Gasteiger partial charge in [-0.1, -0.05) is 19.8 Å². The van der Waals surface area contributed by atoms with Crippen molar-refractivity contribution in [3.8, 4) is 11.5 Å². The molecule has 3 unspecified atom stereocenters. The van der Waals surface area contributed by atoms with Crippen LogP contribution in [0.2, 0.25) is 0 Å². The zero-order valence-corrected chi connectivity index (χ0v) is 13.7. The fourth-order valence-corrected chi connectivity index (χ4v) is 2.97.